The van der Waals surface area contributed by atoms with E-state index in [9.17, 15) is 4.79 Å². The van der Waals surface area contributed by atoms with Crippen LogP contribution in [0.4, 0.5) is 0 Å². The number of carbonyl (C=O) groups is 1. The first-order chi connectivity index (χ1) is 13.7. The molecule has 0 aliphatic carbocycles. The molecule has 0 radical (unpaired) electrons. The zero-order valence-corrected chi connectivity index (χ0v) is 16.6. The number of benzene rings is 1. The lowest BCUT2D eigenvalue weighted by atomic mass is 9.85. The highest BCUT2D eigenvalue weighted by atomic mass is 16.5. The fourth-order valence-electron chi connectivity index (χ4n) is 3.52. The number of hydrogen-bond acceptors (Lipinski definition) is 5. The number of pyridine rings is 1. The van der Waals surface area contributed by atoms with Gasteiger partial charge in [-0.15, -0.1) is 0 Å². The van der Waals surface area contributed by atoms with Gasteiger partial charge < -0.3 is 20.1 Å². The highest BCUT2D eigenvalue weighted by Crippen LogP contribution is 2.26. The van der Waals surface area contributed by atoms with E-state index in [4.69, 9.17) is 9.47 Å². The van der Waals surface area contributed by atoms with Gasteiger partial charge in [0.2, 0.25) is 11.8 Å². The highest BCUT2D eigenvalue weighted by Gasteiger charge is 2.22. The Hall–Kier alpha value is -2.60. The summed E-state index contributed by atoms with van der Waals surface area (Å²) in [7, 11) is 1.62. The Bertz CT molecular complexity index is 775. The van der Waals surface area contributed by atoms with Crippen LogP contribution >= 0.6 is 0 Å². The molecule has 1 aliphatic rings. The van der Waals surface area contributed by atoms with E-state index >= 15 is 0 Å². The molecule has 1 aromatic carbocycles. The van der Waals surface area contributed by atoms with E-state index in [-0.39, 0.29) is 5.91 Å². The number of methoxy groups -OCH3 is 1. The molecule has 2 heterocycles. The van der Waals surface area contributed by atoms with Crippen molar-refractivity contribution < 1.29 is 14.3 Å². The molecular weight excluding hydrogens is 354 g/mol. The molecule has 3 rings (SSSR count). The topological polar surface area (TPSA) is 72.5 Å². The Morgan fingerprint density at radius 2 is 2.18 bits per heavy atom. The molecule has 1 aliphatic heterocycles. The zero-order chi connectivity index (χ0) is 19.8. The first-order valence-electron chi connectivity index (χ1n) is 9.89. The Morgan fingerprint density at radius 1 is 1.32 bits per heavy atom. The van der Waals surface area contributed by atoms with Gasteiger partial charge in [-0.05, 0) is 56.0 Å². The molecule has 6 heteroatoms. The highest BCUT2D eigenvalue weighted by molar-refractivity contribution is 5.76. The number of ether oxygens (including phenoxy) is 2. The lowest BCUT2D eigenvalue weighted by molar-refractivity contribution is -0.122. The van der Waals surface area contributed by atoms with Crippen LogP contribution in [0.1, 0.15) is 31.7 Å². The molecule has 1 fully saturated rings. The van der Waals surface area contributed by atoms with Gasteiger partial charge in [0.25, 0.3) is 0 Å². The maximum Gasteiger partial charge on any atom is 0.224 e. The Morgan fingerprint density at radius 3 is 2.96 bits per heavy atom. The van der Waals surface area contributed by atoms with Crippen molar-refractivity contribution >= 4 is 5.91 Å². The largest absolute Gasteiger partial charge is 0.497 e. The molecule has 2 atom stereocenters. The minimum atomic E-state index is 0.0641. The van der Waals surface area contributed by atoms with Gasteiger partial charge in [-0.1, -0.05) is 19.1 Å². The van der Waals surface area contributed by atoms with Gasteiger partial charge in [0.1, 0.15) is 11.5 Å². The van der Waals surface area contributed by atoms with E-state index in [1.54, 1.807) is 19.4 Å². The maximum absolute atomic E-state index is 12.4. The standard InChI is InChI=1S/C22H29N3O3/c1-16(17-6-4-10-23-14-17)12-21(26)25-15-18-7-5-11-24-22(18)28-20-9-3-8-19(13-20)27-2/h3,5,7-9,11,13,16-17,23H,4,6,10,12,14-15H2,1-2H3,(H,25,26). The first-order valence-corrected chi connectivity index (χ1v) is 9.89. The predicted molar refractivity (Wildman–Crippen MR) is 109 cm³/mol. The summed E-state index contributed by atoms with van der Waals surface area (Å²) in [6.07, 6.45) is 4.61. The first kappa shape index (κ1) is 20.1. The summed E-state index contributed by atoms with van der Waals surface area (Å²) in [5.41, 5.74) is 0.839. The maximum atomic E-state index is 12.4. The summed E-state index contributed by atoms with van der Waals surface area (Å²) < 4.78 is 11.1. The van der Waals surface area contributed by atoms with Crippen LogP contribution in [0.15, 0.2) is 42.6 Å². The van der Waals surface area contributed by atoms with Crippen LogP contribution in [0.2, 0.25) is 0 Å². The number of nitrogens with one attached hydrogen (secondary N) is 2. The molecule has 0 spiro atoms. The third kappa shape index (κ3) is 5.70. The summed E-state index contributed by atoms with van der Waals surface area (Å²) in [6, 6.07) is 11.1. The van der Waals surface area contributed by atoms with E-state index in [2.05, 4.69) is 22.5 Å². The number of hydrogen-bond donors (Lipinski definition) is 2. The average molecular weight is 383 g/mol. The number of rotatable bonds is 8. The molecule has 28 heavy (non-hydrogen) atoms. The minimum Gasteiger partial charge on any atom is -0.497 e. The smallest absolute Gasteiger partial charge is 0.224 e. The summed E-state index contributed by atoms with van der Waals surface area (Å²) >= 11 is 0. The monoisotopic (exact) mass is 383 g/mol. The molecule has 6 nitrogen and oxygen atoms in total. The number of nitrogens with zero attached hydrogens (tertiary/aromatic N) is 1. The molecule has 2 aromatic rings. The normalized spacial score (nSPS) is 17.6. The SMILES string of the molecule is COc1cccc(Oc2ncccc2CNC(=O)CC(C)C2CCCNC2)c1. The molecule has 0 bridgehead atoms. The van der Waals surface area contributed by atoms with E-state index < -0.39 is 0 Å². The van der Waals surface area contributed by atoms with Gasteiger partial charge in [0, 0.05) is 30.8 Å². The van der Waals surface area contributed by atoms with Crippen LogP contribution in [0.25, 0.3) is 0 Å². The fourth-order valence-corrected chi connectivity index (χ4v) is 3.52. The van der Waals surface area contributed by atoms with Gasteiger partial charge >= 0.3 is 0 Å². The van der Waals surface area contributed by atoms with E-state index in [1.807, 2.05) is 30.3 Å². The Balaban J connectivity index is 1.56. The van der Waals surface area contributed by atoms with Crippen molar-refractivity contribution in [3.8, 4) is 17.4 Å². The Kier molecular flexibility index (Phi) is 7.25. The van der Waals surface area contributed by atoms with Crippen LogP contribution < -0.4 is 20.1 Å². The van der Waals surface area contributed by atoms with Crippen molar-refractivity contribution in [2.75, 3.05) is 20.2 Å². The minimum absolute atomic E-state index is 0.0641. The zero-order valence-electron chi connectivity index (χ0n) is 16.6. The van der Waals surface area contributed by atoms with Crippen molar-refractivity contribution in [1.29, 1.82) is 0 Å². The summed E-state index contributed by atoms with van der Waals surface area (Å²) in [6.45, 7) is 4.66. The third-order valence-electron chi connectivity index (χ3n) is 5.23. The second-order valence-corrected chi connectivity index (χ2v) is 7.31. The van der Waals surface area contributed by atoms with Gasteiger partial charge in [-0.2, -0.15) is 0 Å². The van der Waals surface area contributed by atoms with Crippen LogP contribution in [0.5, 0.6) is 17.4 Å². The lowest BCUT2D eigenvalue weighted by Gasteiger charge is -2.28. The van der Waals surface area contributed by atoms with Crippen molar-refractivity contribution in [2.24, 2.45) is 11.8 Å². The Labute approximate surface area is 166 Å². The molecule has 150 valence electrons. The van der Waals surface area contributed by atoms with Gasteiger partial charge in [-0.3, -0.25) is 4.79 Å². The van der Waals surface area contributed by atoms with E-state index in [1.165, 1.54) is 12.8 Å². The number of aromatic nitrogens is 1. The summed E-state index contributed by atoms with van der Waals surface area (Å²) in [5, 5.41) is 6.43. The molecule has 2 unspecified atom stereocenters. The molecule has 1 saturated heterocycles. The van der Waals surface area contributed by atoms with Gasteiger partial charge in [0.05, 0.1) is 7.11 Å². The summed E-state index contributed by atoms with van der Waals surface area (Å²) in [4.78, 5) is 16.7. The van der Waals surface area contributed by atoms with Crippen molar-refractivity contribution in [3.63, 3.8) is 0 Å². The van der Waals surface area contributed by atoms with Crippen LogP contribution in [0, 0.1) is 11.8 Å². The van der Waals surface area contributed by atoms with Crippen LogP contribution in [0.3, 0.4) is 0 Å². The number of amides is 1. The van der Waals surface area contributed by atoms with E-state index in [0.29, 0.717) is 36.4 Å². The summed E-state index contributed by atoms with van der Waals surface area (Å²) in [5.74, 6) is 2.85. The van der Waals surface area contributed by atoms with Gasteiger partial charge in [0.15, 0.2) is 0 Å². The number of piperidine rings is 1. The van der Waals surface area contributed by atoms with E-state index in [0.717, 1.165) is 24.4 Å². The molecule has 0 saturated carbocycles. The third-order valence-corrected chi connectivity index (χ3v) is 5.23. The molecular formula is C22H29N3O3. The second kappa shape index (κ2) is 10.1. The van der Waals surface area contributed by atoms with Crippen LogP contribution in [-0.2, 0) is 11.3 Å². The average Bonchev–Trinajstić information content (AvgIpc) is 2.74. The van der Waals surface area contributed by atoms with Crippen LogP contribution in [-0.4, -0.2) is 31.1 Å². The predicted octanol–water partition coefficient (Wildman–Crippen LogP) is 3.52. The second-order valence-electron chi connectivity index (χ2n) is 7.31. The molecule has 1 amide bonds. The number of carbonyl (C=O) groups excluding carboxylic acids is 1. The lowest BCUT2D eigenvalue weighted by Crippen LogP contribution is -2.35. The van der Waals surface area contributed by atoms with Crippen molar-refractivity contribution in [1.82, 2.24) is 15.6 Å². The molecule has 1 aromatic heterocycles. The van der Waals surface area contributed by atoms with Crippen molar-refractivity contribution in [3.05, 3.63) is 48.2 Å². The van der Waals surface area contributed by atoms with Crippen molar-refractivity contribution in [2.45, 2.75) is 32.7 Å². The fraction of sp³-hybridized carbons (Fsp3) is 0.455. The van der Waals surface area contributed by atoms with Gasteiger partial charge in [-0.25, -0.2) is 4.98 Å². The molecule has 2 N–H and O–H groups in total. The quantitative estimate of drug-likeness (QED) is 0.730.